The Morgan fingerprint density at radius 2 is 1.73 bits per heavy atom. The van der Waals surface area contributed by atoms with Crippen LogP contribution >= 0.6 is 0 Å². The number of fused-ring (bicyclic) bond motifs is 4. The van der Waals surface area contributed by atoms with Gasteiger partial charge in [0.1, 0.15) is 18.4 Å². The molecule has 1 aliphatic carbocycles. The summed E-state index contributed by atoms with van der Waals surface area (Å²) >= 11 is 0. The van der Waals surface area contributed by atoms with Gasteiger partial charge in [0.05, 0.1) is 6.10 Å². The van der Waals surface area contributed by atoms with E-state index in [2.05, 4.69) is 39.6 Å². The van der Waals surface area contributed by atoms with Gasteiger partial charge in [0, 0.05) is 35.8 Å². The van der Waals surface area contributed by atoms with Crippen LogP contribution in [-0.4, -0.2) is 45.5 Å². The number of rotatable bonds is 7. The van der Waals surface area contributed by atoms with Crippen molar-refractivity contribution in [3.05, 3.63) is 89.7 Å². The van der Waals surface area contributed by atoms with Crippen molar-refractivity contribution in [3.63, 3.8) is 0 Å². The van der Waals surface area contributed by atoms with Gasteiger partial charge in [-0.05, 0) is 40.8 Å². The van der Waals surface area contributed by atoms with Crippen molar-refractivity contribution in [2.24, 2.45) is 0 Å². The summed E-state index contributed by atoms with van der Waals surface area (Å²) < 4.78 is 5.50. The molecule has 168 valence electrons. The summed E-state index contributed by atoms with van der Waals surface area (Å²) in [6, 6.07) is 19.9. The van der Waals surface area contributed by atoms with Gasteiger partial charge in [-0.15, -0.1) is 0 Å². The smallest absolute Gasteiger partial charge is 0.407 e. The van der Waals surface area contributed by atoms with Gasteiger partial charge in [-0.1, -0.05) is 48.5 Å². The molecule has 2 atom stereocenters. The Morgan fingerprint density at radius 3 is 2.45 bits per heavy atom. The lowest BCUT2D eigenvalue weighted by Crippen LogP contribution is -2.30. The van der Waals surface area contributed by atoms with E-state index >= 15 is 0 Å². The molecule has 0 aliphatic heterocycles. The number of aromatic nitrogens is 2. The van der Waals surface area contributed by atoms with Gasteiger partial charge in [-0.2, -0.15) is 0 Å². The first-order chi connectivity index (χ1) is 16.1. The number of carbonyl (C=O) groups excluding carboxylic acids is 1. The van der Waals surface area contributed by atoms with Gasteiger partial charge in [0.2, 0.25) is 0 Å². The lowest BCUT2D eigenvalue weighted by Gasteiger charge is -2.18. The minimum Gasteiger partial charge on any atom is -0.449 e. The molecule has 0 radical (unpaired) electrons. The molecule has 1 aliphatic rings. The Kier molecular flexibility index (Phi) is 5.81. The molecular formula is C26H25N3O4. The second kappa shape index (κ2) is 9.05. The summed E-state index contributed by atoms with van der Waals surface area (Å²) in [4.78, 5) is 19.5. The summed E-state index contributed by atoms with van der Waals surface area (Å²) in [5.41, 5.74) is 5.87. The third-order valence-corrected chi connectivity index (χ3v) is 6.22. The fourth-order valence-corrected chi connectivity index (χ4v) is 4.56. The molecule has 5 rings (SSSR count). The topological polar surface area (TPSA) is 107 Å². The Hall–Kier alpha value is -3.68. The molecule has 2 aromatic carbocycles. The van der Waals surface area contributed by atoms with Crippen molar-refractivity contribution in [1.29, 1.82) is 0 Å². The van der Waals surface area contributed by atoms with E-state index in [9.17, 15) is 15.0 Å². The van der Waals surface area contributed by atoms with Crippen molar-refractivity contribution in [2.45, 2.75) is 24.5 Å². The predicted octanol–water partition coefficient (Wildman–Crippen LogP) is 3.89. The molecule has 33 heavy (non-hydrogen) atoms. The number of aliphatic hydroxyl groups excluding tert-OH is 2. The quantitative estimate of drug-likeness (QED) is 0.347. The number of amides is 1. The van der Waals surface area contributed by atoms with Crippen LogP contribution in [0.4, 0.5) is 4.79 Å². The molecule has 7 heteroatoms. The predicted molar refractivity (Wildman–Crippen MR) is 125 cm³/mol. The van der Waals surface area contributed by atoms with Gasteiger partial charge >= 0.3 is 6.09 Å². The first kappa shape index (κ1) is 21.2. The minimum absolute atomic E-state index is 0.00829. The lowest BCUT2D eigenvalue weighted by molar-refractivity contribution is 0.0145. The van der Waals surface area contributed by atoms with Gasteiger partial charge in [0.15, 0.2) is 0 Å². The Labute approximate surface area is 191 Å². The van der Waals surface area contributed by atoms with Crippen LogP contribution in [0.3, 0.4) is 0 Å². The molecule has 0 spiro atoms. The number of carbonyl (C=O) groups is 1. The van der Waals surface area contributed by atoms with Crippen molar-refractivity contribution < 1.29 is 19.7 Å². The van der Waals surface area contributed by atoms with E-state index in [4.69, 9.17) is 4.74 Å². The van der Waals surface area contributed by atoms with Crippen LogP contribution in [0.15, 0.2) is 73.1 Å². The zero-order valence-electron chi connectivity index (χ0n) is 17.9. The van der Waals surface area contributed by atoms with Gasteiger partial charge in [-0.25, -0.2) is 9.78 Å². The summed E-state index contributed by atoms with van der Waals surface area (Å²) in [6.07, 6.45) is 0.798. The van der Waals surface area contributed by atoms with E-state index in [0.29, 0.717) is 11.2 Å². The van der Waals surface area contributed by atoms with E-state index in [1.165, 1.54) is 11.1 Å². The molecule has 2 heterocycles. The maximum Gasteiger partial charge on any atom is 0.407 e. The average Bonchev–Trinajstić information content (AvgIpc) is 3.42. The normalized spacial score (nSPS) is 14.5. The van der Waals surface area contributed by atoms with E-state index < -0.39 is 18.3 Å². The lowest BCUT2D eigenvalue weighted by atomic mass is 9.98. The molecule has 0 bridgehead atoms. The molecule has 2 unspecified atom stereocenters. The number of nitrogens with one attached hydrogen (secondary N) is 2. The van der Waals surface area contributed by atoms with Crippen LogP contribution in [0.1, 0.15) is 35.1 Å². The highest BCUT2D eigenvalue weighted by Crippen LogP contribution is 2.44. The summed E-state index contributed by atoms with van der Waals surface area (Å²) in [5.74, 6) is -0.00829. The third-order valence-electron chi connectivity index (χ3n) is 6.22. The van der Waals surface area contributed by atoms with Crippen molar-refractivity contribution >= 4 is 17.1 Å². The standard InChI is InChI=1S/C26H25N3O4/c30-23(24(31)21-14-29-25-20(21)10-5-12-27-25)11-13-28-26(32)33-15-22-18-8-3-1-6-16(18)17-7-2-4-9-19(17)22/h1-10,12,14,22-24,30-31H,11,13,15H2,(H,27,29)(H,28,32). The zero-order chi connectivity index (χ0) is 22.8. The molecular weight excluding hydrogens is 418 g/mol. The fourth-order valence-electron chi connectivity index (χ4n) is 4.56. The first-order valence-corrected chi connectivity index (χ1v) is 11.0. The molecule has 7 nitrogen and oxygen atoms in total. The second-order valence-electron chi connectivity index (χ2n) is 8.20. The van der Waals surface area contributed by atoms with Crippen molar-refractivity contribution in [3.8, 4) is 11.1 Å². The van der Waals surface area contributed by atoms with Crippen LogP contribution in [0.2, 0.25) is 0 Å². The fraction of sp³-hybridized carbons (Fsp3) is 0.231. The summed E-state index contributed by atoms with van der Waals surface area (Å²) in [7, 11) is 0. The largest absolute Gasteiger partial charge is 0.449 e. The van der Waals surface area contributed by atoms with E-state index in [1.54, 1.807) is 18.5 Å². The van der Waals surface area contributed by atoms with Gasteiger partial charge < -0.3 is 25.3 Å². The molecule has 1 amide bonds. The van der Waals surface area contributed by atoms with Crippen LogP contribution < -0.4 is 5.32 Å². The first-order valence-electron chi connectivity index (χ1n) is 11.0. The Bertz CT molecular complexity index is 1240. The highest BCUT2D eigenvalue weighted by molar-refractivity contribution is 5.80. The minimum atomic E-state index is -1.09. The third kappa shape index (κ3) is 4.08. The van der Waals surface area contributed by atoms with Crippen LogP contribution in [0, 0.1) is 0 Å². The highest BCUT2D eigenvalue weighted by Gasteiger charge is 2.29. The number of pyridine rings is 1. The van der Waals surface area contributed by atoms with Gasteiger partial charge in [0.25, 0.3) is 0 Å². The molecule has 0 fully saturated rings. The average molecular weight is 444 g/mol. The van der Waals surface area contributed by atoms with Gasteiger partial charge in [-0.3, -0.25) is 0 Å². The number of nitrogens with zero attached hydrogens (tertiary/aromatic N) is 1. The molecule has 4 N–H and O–H groups in total. The maximum atomic E-state index is 12.3. The molecule has 0 saturated heterocycles. The molecule has 4 aromatic rings. The number of aliphatic hydroxyl groups is 2. The summed E-state index contributed by atoms with van der Waals surface area (Å²) in [5, 5.41) is 24.4. The SMILES string of the molecule is O=C(NCCC(O)C(O)c1c[nH]c2ncccc12)OCC1c2ccccc2-c2ccccc21. The van der Waals surface area contributed by atoms with E-state index in [0.717, 1.165) is 16.5 Å². The van der Waals surface area contributed by atoms with Crippen LogP contribution in [0.25, 0.3) is 22.2 Å². The maximum absolute atomic E-state index is 12.3. The number of hydrogen-bond acceptors (Lipinski definition) is 5. The van der Waals surface area contributed by atoms with Crippen molar-refractivity contribution in [2.75, 3.05) is 13.2 Å². The Balaban J connectivity index is 1.14. The molecule has 0 saturated carbocycles. The van der Waals surface area contributed by atoms with Crippen LogP contribution in [0.5, 0.6) is 0 Å². The molecule has 2 aromatic heterocycles. The number of ether oxygens (including phenoxy) is 1. The van der Waals surface area contributed by atoms with E-state index in [1.807, 2.05) is 30.3 Å². The number of hydrogen-bond donors (Lipinski definition) is 4. The van der Waals surface area contributed by atoms with E-state index in [-0.39, 0.29) is 25.5 Å². The number of H-pyrrole nitrogens is 1. The monoisotopic (exact) mass is 443 g/mol. The van der Waals surface area contributed by atoms with Crippen molar-refractivity contribution in [1.82, 2.24) is 15.3 Å². The summed E-state index contributed by atoms with van der Waals surface area (Å²) in [6.45, 7) is 0.406. The highest BCUT2D eigenvalue weighted by atomic mass is 16.5. The number of alkyl carbamates (subject to hydrolysis) is 1. The number of benzene rings is 2. The zero-order valence-corrected chi connectivity index (χ0v) is 17.9. The van der Waals surface area contributed by atoms with Crippen LogP contribution in [-0.2, 0) is 4.74 Å². The Morgan fingerprint density at radius 1 is 1.03 bits per heavy atom. The second-order valence-corrected chi connectivity index (χ2v) is 8.20. The number of aromatic amines is 1.